The van der Waals surface area contributed by atoms with Gasteiger partial charge in [0, 0.05) is 30.2 Å². The van der Waals surface area contributed by atoms with Gasteiger partial charge in [0.25, 0.3) is 0 Å². The summed E-state index contributed by atoms with van der Waals surface area (Å²) in [6.07, 6.45) is 4.39. The average Bonchev–Trinajstić information content (AvgIpc) is 2.69. The van der Waals surface area contributed by atoms with Gasteiger partial charge in [0.1, 0.15) is 34.0 Å². The molecule has 0 bridgehead atoms. The van der Waals surface area contributed by atoms with Crippen LogP contribution in [0.25, 0.3) is 22.3 Å². The first-order chi connectivity index (χ1) is 14.4. The van der Waals surface area contributed by atoms with Crippen molar-refractivity contribution in [2.75, 3.05) is 6.61 Å². The molecule has 158 valence electrons. The van der Waals surface area contributed by atoms with Crippen LogP contribution in [0.5, 0.6) is 17.2 Å². The molecule has 3 aromatic rings. The Hall–Kier alpha value is -3.48. The molecule has 0 amide bonds. The van der Waals surface area contributed by atoms with E-state index in [1.165, 1.54) is 24.3 Å². The number of aromatic hydroxyl groups is 2. The average molecular weight is 412 g/mol. The van der Waals surface area contributed by atoms with Crippen molar-refractivity contribution in [1.29, 1.82) is 0 Å². The number of hydrogen-bond acceptors (Lipinski definition) is 6. The lowest BCUT2D eigenvalue weighted by Crippen LogP contribution is -2.02. The summed E-state index contributed by atoms with van der Waals surface area (Å²) in [5.41, 5.74) is 0.472. The minimum absolute atomic E-state index is 0.0864. The maximum absolute atomic E-state index is 12.5. The monoisotopic (exact) mass is 412 g/mol. The summed E-state index contributed by atoms with van der Waals surface area (Å²) in [6, 6.07) is 10.5. The van der Waals surface area contributed by atoms with Gasteiger partial charge in [0.15, 0.2) is 5.43 Å². The van der Waals surface area contributed by atoms with Crippen LogP contribution in [-0.4, -0.2) is 27.9 Å². The minimum Gasteiger partial charge on any atom is -0.508 e. The molecule has 30 heavy (non-hydrogen) atoms. The van der Waals surface area contributed by atoms with E-state index in [4.69, 9.17) is 14.3 Å². The highest BCUT2D eigenvalue weighted by molar-refractivity contribution is 5.86. The molecule has 7 heteroatoms. The van der Waals surface area contributed by atoms with Crippen molar-refractivity contribution in [3.05, 3.63) is 52.7 Å². The third-order valence-corrected chi connectivity index (χ3v) is 4.74. The fourth-order valence-electron chi connectivity index (χ4n) is 3.19. The molecular formula is C23H24O7. The number of carboxylic acid groups (broad SMARTS) is 1. The van der Waals surface area contributed by atoms with Gasteiger partial charge in [-0.2, -0.15) is 0 Å². The lowest BCUT2D eigenvalue weighted by molar-refractivity contribution is -0.137. The van der Waals surface area contributed by atoms with E-state index in [1.807, 2.05) is 0 Å². The second kappa shape index (κ2) is 9.82. The molecule has 0 spiro atoms. The van der Waals surface area contributed by atoms with Crippen LogP contribution in [0.2, 0.25) is 0 Å². The molecule has 0 atom stereocenters. The summed E-state index contributed by atoms with van der Waals surface area (Å²) in [5, 5.41) is 28.4. The Morgan fingerprint density at radius 2 is 1.63 bits per heavy atom. The maximum atomic E-state index is 12.5. The Labute approximate surface area is 173 Å². The number of carboxylic acids is 1. The van der Waals surface area contributed by atoms with E-state index >= 15 is 0 Å². The van der Waals surface area contributed by atoms with Crippen molar-refractivity contribution in [2.24, 2.45) is 0 Å². The molecule has 0 aliphatic heterocycles. The Kier molecular flexibility index (Phi) is 6.95. The van der Waals surface area contributed by atoms with Crippen LogP contribution in [0, 0.1) is 0 Å². The number of benzene rings is 2. The van der Waals surface area contributed by atoms with Gasteiger partial charge in [0.05, 0.1) is 6.61 Å². The van der Waals surface area contributed by atoms with Crippen molar-refractivity contribution in [3.63, 3.8) is 0 Å². The number of rotatable bonds is 10. The zero-order chi connectivity index (χ0) is 21.5. The minimum atomic E-state index is -0.769. The van der Waals surface area contributed by atoms with E-state index in [1.54, 1.807) is 18.2 Å². The Bertz CT molecular complexity index is 1070. The normalized spacial score (nSPS) is 10.9. The van der Waals surface area contributed by atoms with Crippen LogP contribution in [0.15, 0.2) is 51.7 Å². The van der Waals surface area contributed by atoms with E-state index in [9.17, 15) is 19.8 Å². The van der Waals surface area contributed by atoms with Crippen molar-refractivity contribution in [2.45, 2.75) is 38.5 Å². The summed E-state index contributed by atoms with van der Waals surface area (Å²) >= 11 is 0. The molecule has 1 heterocycles. The topological polar surface area (TPSA) is 117 Å². The molecule has 0 unspecified atom stereocenters. The quantitative estimate of drug-likeness (QED) is 0.414. The highest BCUT2D eigenvalue weighted by Crippen LogP contribution is 2.31. The smallest absolute Gasteiger partial charge is 0.303 e. The first kappa shape index (κ1) is 21.2. The SMILES string of the molecule is O=C(O)CCCCCCCOc1cc(O)c2c(=O)cc(-c3ccc(O)cc3)oc2c1. The molecule has 0 saturated heterocycles. The van der Waals surface area contributed by atoms with Gasteiger partial charge >= 0.3 is 5.97 Å². The molecule has 7 nitrogen and oxygen atoms in total. The van der Waals surface area contributed by atoms with Gasteiger partial charge in [-0.25, -0.2) is 0 Å². The number of phenolic OH excluding ortho intramolecular Hbond substituents is 2. The number of carbonyl (C=O) groups is 1. The fraction of sp³-hybridized carbons (Fsp3) is 0.304. The van der Waals surface area contributed by atoms with E-state index in [0.717, 1.165) is 25.7 Å². The van der Waals surface area contributed by atoms with Crippen molar-refractivity contribution in [3.8, 4) is 28.6 Å². The van der Waals surface area contributed by atoms with E-state index in [-0.39, 0.29) is 34.3 Å². The largest absolute Gasteiger partial charge is 0.508 e. The summed E-state index contributed by atoms with van der Waals surface area (Å²) < 4.78 is 11.5. The Morgan fingerprint density at radius 1 is 0.933 bits per heavy atom. The predicted molar refractivity (Wildman–Crippen MR) is 112 cm³/mol. The molecule has 0 aliphatic rings. The Morgan fingerprint density at radius 3 is 2.37 bits per heavy atom. The first-order valence-corrected chi connectivity index (χ1v) is 9.89. The van der Waals surface area contributed by atoms with Crippen LogP contribution >= 0.6 is 0 Å². The highest BCUT2D eigenvalue weighted by atomic mass is 16.5. The Balaban J connectivity index is 1.66. The van der Waals surface area contributed by atoms with E-state index in [2.05, 4.69) is 0 Å². The third kappa shape index (κ3) is 5.53. The molecule has 3 rings (SSSR count). The molecule has 0 aliphatic carbocycles. The summed E-state index contributed by atoms with van der Waals surface area (Å²) in [4.78, 5) is 22.9. The lowest BCUT2D eigenvalue weighted by Gasteiger charge is -2.09. The summed E-state index contributed by atoms with van der Waals surface area (Å²) in [7, 11) is 0. The highest BCUT2D eigenvalue weighted by Gasteiger charge is 2.13. The molecule has 1 aromatic heterocycles. The lowest BCUT2D eigenvalue weighted by atomic mass is 10.1. The van der Waals surface area contributed by atoms with E-state index < -0.39 is 5.97 Å². The van der Waals surface area contributed by atoms with Gasteiger partial charge in [0.2, 0.25) is 0 Å². The van der Waals surface area contributed by atoms with Gasteiger partial charge < -0.3 is 24.5 Å². The molecular weight excluding hydrogens is 388 g/mol. The molecule has 0 fully saturated rings. The summed E-state index contributed by atoms with van der Waals surface area (Å²) in [6.45, 7) is 0.436. The van der Waals surface area contributed by atoms with Gasteiger partial charge in [-0.3, -0.25) is 9.59 Å². The number of fused-ring (bicyclic) bond motifs is 1. The second-order valence-corrected chi connectivity index (χ2v) is 7.10. The van der Waals surface area contributed by atoms with Crippen molar-refractivity contribution < 1.29 is 29.3 Å². The van der Waals surface area contributed by atoms with E-state index in [0.29, 0.717) is 30.1 Å². The number of ether oxygens (including phenoxy) is 1. The summed E-state index contributed by atoms with van der Waals surface area (Å²) in [5.74, 6) is -0.142. The third-order valence-electron chi connectivity index (χ3n) is 4.74. The number of unbranched alkanes of at least 4 members (excludes halogenated alkanes) is 4. The zero-order valence-electron chi connectivity index (χ0n) is 16.5. The molecule has 3 N–H and O–H groups in total. The van der Waals surface area contributed by atoms with Gasteiger partial charge in [-0.1, -0.05) is 19.3 Å². The number of hydrogen-bond donors (Lipinski definition) is 3. The number of aliphatic carboxylic acids is 1. The van der Waals surface area contributed by atoms with Crippen LogP contribution < -0.4 is 10.2 Å². The predicted octanol–water partition coefficient (Wildman–Crippen LogP) is 4.68. The molecule has 0 saturated carbocycles. The van der Waals surface area contributed by atoms with Crippen LogP contribution in [-0.2, 0) is 4.79 Å². The van der Waals surface area contributed by atoms with Crippen molar-refractivity contribution >= 4 is 16.9 Å². The maximum Gasteiger partial charge on any atom is 0.303 e. The second-order valence-electron chi connectivity index (χ2n) is 7.10. The van der Waals surface area contributed by atoms with Crippen LogP contribution in [0.1, 0.15) is 38.5 Å². The van der Waals surface area contributed by atoms with Crippen LogP contribution in [0.4, 0.5) is 0 Å². The zero-order valence-corrected chi connectivity index (χ0v) is 16.5. The first-order valence-electron chi connectivity index (χ1n) is 9.89. The molecule has 0 radical (unpaired) electrons. The van der Waals surface area contributed by atoms with Crippen LogP contribution in [0.3, 0.4) is 0 Å². The molecule has 2 aromatic carbocycles. The van der Waals surface area contributed by atoms with Gasteiger partial charge in [-0.05, 0) is 37.1 Å². The number of phenols is 2. The van der Waals surface area contributed by atoms with Gasteiger partial charge in [-0.15, -0.1) is 0 Å². The standard InChI is InChI=1S/C23H24O7/c24-16-9-7-15(8-10-16)20-14-19(26)23-18(25)12-17(13-21(23)30-20)29-11-5-3-1-2-4-6-22(27)28/h7-10,12-14,24-25H,1-6,11H2,(H,27,28). The fourth-order valence-corrected chi connectivity index (χ4v) is 3.19. The van der Waals surface area contributed by atoms with Crippen molar-refractivity contribution in [1.82, 2.24) is 0 Å².